The van der Waals surface area contributed by atoms with Crippen molar-refractivity contribution in [3.05, 3.63) is 24.3 Å². The van der Waals surface area contributed by atoms with Crippen molar-refractivity contribution in [2.24, 2.45) is 0 Å². The zero-order valence-electron chi connectivity index (χ0n) is 11.7. The van der Waals surface area contributed by atoms with E-state index in [4.69, 9.17) is 4.74 Å². The number of carbonyl (C=O) groups excluding carboxylic acids is 1. The van der Waals surface area contributed by atoms with E-state index < -0.39 is 17.5 Å². The van der Waals surface area contributed by atoms with Crippen molar-refractivity contribution >= 4 is 29.4 Å². The Balaban J connectivity index is 2.07. The number of anilines is 1. The van der Waals surface area contributed by atoms with Crippen LogP contribution in [0.1, 0.15) is 12.8 Å². The Bertz CT molecular complexity index is 529. The molecule has 1 aliphatic rings. The molecule has 1 aromatic rings. The molecule has 1 saturated heterocycles. The molecule has 7 heteroatoms. The number of carboxylic acid groups (broad SMARTS) is 1. The molecule has 0 radical (unpaired) electrons. The number of benzene rings is 1. The SMILES string of the molecule is CSc1ccccc1NC(=O)NC1(C(=O)O)CCOCC1. The van der Waals surface area contributed by atoms with E-state index in [1.54, 1.807) is 6.07 Å². The molecule has 1 heterocycles. The van der Waals surface area contributed by atoms with Crippen molar-refractivity contribution in [1.82, 2.24) is 5.32 Å². The van der Waals surface area contributed by atoms with Gasteiger partial charge < -0.3 is 20.5 Å². The average Bonchev–Trinajstić information content (AvgIpc) is 2.48. The molecule has 114 valence electrons. The molecule has 3 N–H and O–H groups in total. The molecule has 0 unspecified atom stereocenters. The number of amides is 2. The van der Waals surface area contributed by atoms with Crippen LogP contribution in [0.5, 0.6) is 0 Å². The van der Waals surface area contributed by atoms with Gasteiger partial charge in [0.25, 0.3) is 0 Å². The van der Waals surface area contributed by atoms with Crippen molar-refractivity contribution < 1.29 is 19.4 Å². The molecule has 0 bridgehead atoms. The normalized spacial score (nSPS) is 17.0. The minimum atomic E-state index is -1.25. The van der Waals surface area contributed by atoms with Gasteiger partial charge in [0, 0.05) is 31.0 Å². The van der Waals surface area contributed by atoms with Crippen molar-refractivity contribution in [2.45, 2.75) is 23.3 Å². The Morgan fingerprint density at radius 1 is 1.29 bits per heavy atom. The monoisotopic (exact) mass is 310 g/mol. The molecule has 0 atom stereocenters. The van der Waals surface area contributed by atoms with E-state index in [0.29, 0.717) is 18.9 Å². The first-order valence-corrected chi connectivity index (χ1v) is 7.83. The van der Waals surface area contributed by atoms with Gasteiger partial charge in [-0.05, 0) is 18.4 Å². The summed E-state index contributed by atoms with van der Waals surface area (Å²) in [6, 6.07) is 6.86. The first-order valence-electron chi connectivity index (χ1n) is 6.61. The second-order valence-electron chi connectivity index (χ2n) is 4.78. The summed E-state index contributed by atoms with van der Waals surface area (Å²) in [4.78, 5) is 24.5. The summed E-state index contributed by atoms with van der Waals surface area (Å²) in [5.74, 6) is -1.03. The third-order valence-electron chi connectivity index (χ3n) is 3.46. The topological polar surface area (TPSA) is 87.7 Å². The minimum Gasteiger partial charge on any atom is -0.480 e. The summed E-state index contributed by atoms with van der Waals surface area (Å²) < 4.78 is 5.17. The highest BCUT2D eigenvalue weighted by atomic mass is 32.2. The summed E-state index contributed by atoms with van der Waals surface area (Å²) in [5, 5.41) is 14.7. The van der Waals surface area contributed by atoms with Gasteiger partial charge in [-0.1, -0.05) is 12.1 Å². The lowest BCUT2D eigenvalue weighted by molar-refractivity contribution is -0.148. The quantitative estimate of drug-likeness (QED) is 0.742. The summed E-state index contributed by atoms with van der Waals surface area (Å²) in [6.45, 7) is 0.655. The number of carboxylic acids is 1. The smallest absolute Gasteiger partial charge is 0.329 e. The number of ether oxygens (including phenoxy) is 1. The van der Waals surface area contributed by atoms with Crippen LogP contribution in [0, 0.1) is 0 Å². The number of carbonyl (C=O) groups is 2. The Labute approximate surface area is 127 Å². The molecule has 6 nitrogen and oxygen atoms in total. The van der Waals surface area contributed by atoms with Gasteiger partial charge in [0.15, 0.2) is 0 Å². The van der Waals surface area contributed by atoms with Crippen LogP contribution in [0.25, 0.3) is 0 Å². The van der Waals surface area contributed by atoms with Crippen molar-refractivity contribution in [2.75, 3.05) is 24.8 Å². The first-order chi connectivity index (χ1) is 10.1. The molecular formula is C14H18N2O4S. The number of hydrogen-bond donors (Lipinski definition) is 3. The molecule has 0 aliphatic carbocycles. The molecule has 1 aromatic carbocycles. The summed E-state index contributed by atoms with van der Waals surface area (Å²) in [7, 11) is 0. The van der Waals surface area contributed by atoms with Gasteiger partial charge in [0.1, 0.15) is 5.54 Å². The maximum atomic E-state index is 12.1. The van der Waals surface area contributed by atoms with Gasteiger partial charge in [-0.3, -0.25) is 0 Å². The van der Waals surface area contributed by atoms with Gasteiger partial charge in [0.05, 0.1) is 5.69 Å². The van der Waals surface area contributed by atoms with Crippen LogP contribution < -0.4 is 10.6 Å². The number of para-hydroxylation sites is 1. The number of hydrogen-bond acceptors (Lipinski definition) is 4. The number of aliphatic carboxylic acids is 1. The summed E-state index contributed by atoms with van der Waals surface area (Å²) in [5.41, 5.74) is -0.591. The fourth-order valence-electron chi connectivity index (χ4n) is 2.23. The van der Waals surface area contributed by atoms with Crippen LogP contribution in [0.3, 0.4) is 0 Å². The van der Waals surface area contributed by atoms with Gasteiger partial charge in [0.2, 0.25) is 0 Å². The van der Waals surface area contributed by atoms with Crippen LogP contribution in [0.2, 0.25) is 0 Å². The van der Waals surface area contributed by atoms with E-state index in [2.05, 4.69) is 10.6 Å². The molecule has 0 aromatic heterocycles. The van der Waals surface area contributed by atoms with Crippen molar-refractivity contribution in [3.63, 3.8) is 0 Å². The van der Waals surface area contributed by atoms with Crippen LogP contribution in [0.15, 0.2) is 29.2 Å². The molecule has 1 aliphatic heterocycles. The minimum absolute atomic E-state index is 0.264. The maximum absolute atomic E-state index is 12.1. The second-order valence-corrected chi connectivity index (χ2v) is 5.63. The number of thioether (sulfide) groups is 1. The summed E-state index contributed by atoms with van der Waals surface area (Å²) >= 11 is 1.51. The van der Waals surface area contributed by atoms with E-state index in [9.17, 15) is 14.7 Å². The molecule has 0 saturated carbocycles. The zero-order chi connectivity index (χ0) is 15.3. The molecular weight excluding hydrogens is 292 g/mol. The van der Waals surface area contributed by atoms with Crippen molar-refractivity contribution in [1.29, 1.82) is 0 Å². The predicted octanol–water partition coefficient (Wildman–Crippen LogP) is 2.16. The van der Waals surface area contributed by atoms with E-state index in [1.165, 1.54) is 11.8 Å². The zero-order valence-corrected chi connectivity index (χ0v) is 12.5. The van der Waals surface area contributed by atoms with Crippen LogP contribution in [0.4, 0.5) is 10.5 Å². The predicted molar refractivity (Wildman–Crippen MR) is 80.8 cm³/mol. The molecule has 21 heavy (non-hydrogen) atoms. The molecule has 1 fully saturated rings. The first kappa shape index (κ1) is 15.7. The summed E-state index contributed by atoms with van der Waals surface area (Å²) in [6.07, 6.45) is 2.44. The van der Waals surface area contributed by atoms with E-state index in [0.717, 1.165) is 4.90 Å². The standard InChI is InChI=1S/C14H18N2O4S/c1-21-11-5-3-2-4-10(11)15-13(19)16-14(12(17)18)6-8-20-9-7-14/h2-5H,6-9H2,1H3,(H,17,18)(H2,15,16,19). The lowest BCUT2D eigenvalue weighted by atomic mass is 9.90. The maximum Gasteiger partial charge on any atom is 0.329 e. The van der Waals surface area contributed by atoms with Crippen LogP contribution in [-0.4, -0.2) is 42.1 Å². The lowest BCUT2D eigenvalue weighted by Crippen LogP contribution is -2.58. The molecule has 0 spiro atoms. The molecule has 2 rings (SSSR count). The van der Waals surface area contributed by atoms with Gasteiger partial charge in [-0.15, -0.1) is 11.8 Å². The van der Waals surface area contributed by atoms with Gasteiger partial charge >= 0.3 is 12.0 Å². The Hall–Kier alpha value is -1.73. The Morgan fingerprint density at radius 2 is 1.95 bits per heavy atom. The fraction of sp³-hybridized carbons (Fsp3) is 0.429. The second kappa shape index (κ2) is 6.82. The van der Waals surface area contributed by atoms with E-state index in [1.807, 2.05) is 24.5 Å². The Morgan fingerprint density at radius 3 is 2.57 bits per heavy atom. The van der Waals surface area contributed by atoms with Gasteiger partial charge in [-0.25, -0.2) is 9.59 Å². The number of rotatable bonds is 4. The Kier molecular flexibility index (Phi) is 5.08. The number of nitrogens with one attached hydrogen (secondary N) is 2. The van der Waals surface area contributed by atoms with Crippen molar-refractivity contribution in [3.8, 4) is 0 Å². The third-order valence-corrected chi connectivity index (χ3v) is 4.26. The number of urea groups is 1. The third kappa shape index (κ3) is 3.68. The molecule has 2 amide bonds. The van der Waals surface area contributed by atoms with Crippen LogP contribution in [-0.2, 0) is 9.53 Å². The average molecular weight is 310 g/mol. The highest BCUT2D eigenvalue weighted by Gasteiger charge is 2.41. The lowest BCUT2D eigenvalue weighted by Gasteiger charge is -2.33. The van der Waals surface area contributed by atoms with E-state index >= 15 is 0 Å². The van der Waals surface area contributed by atoms with E-state index in [-0.39, 0.29) is 12.8 Å². The highest BCUT2D eigenvalue weighted by Crippen LogP contribution is 2.25. The van der Waals surface area contributed by atoms with Crippen LogP contribution >= 0.6 is 11.8 Å². The fourth-order valence-corrected chi connectivity index (χ4v) is 2.78. The largest absolute Gasteiger partial charge is 0.480 e. The highest BCUT2D eigenvalue weighted by molar-refractivity contribution is 7.98. The van der Waals surface area contributed by atoms with Gasteiger partial charge in [-0.2, -0.15) is 0 Å².